The van der Waals surface area contributed by atoms with Crippen molar-refractivity contribution in [1.82, 2.24) is 30.2 Å². The number of aryl methyl sites for hydroxylation is 2. The highest BCUT2D eigenvalue weighted by molar-refractivity contribution is 7.99. The third-order valence-electron chi connectivity index (χ3n) is 26.6. The molecular weight excluding hydrogens is 1800 g/mol. The summed E-state index contributed by atoms with van der Waals surface area (Å²) in [6.45, 7) is 4.02. The number of nitrogens with zero attached hydrogens (tertiary/aromatic N) is 5. The standard InChI is InChI=1S/C42H39F7N4O10S.C41H40F7N3O11S.3CH4/c1-16-8-19-9-21-22(12-50)53-23-13-60-37(56)39(20-11-25(58-4)24(54)10-18(20)6-7-51-39)14-64-36(30(53)29(52(21)3)26(19)31(55)32(16)59-5)28-27(23)35-34(61-15-62-35)17(2)33(28)63-38(57)40(43,44)41(45,46)42(47,48)49;1-15-8-18-9-20-35(54)51-21-12-59-36(55)38(19-11-23(57-4)22(52)10-17(19)6-7-49-38)13-63-34(28(51)27(50(20)3)24(18)29(53)30(15)58-5)26-25(21)33-32(60-14-61-33)16(2)31(26)62-37(56)39(42,43)40(44,45)41(46,47)48;;;/h8,10-11,21-23,29-30,36,51,54-55H,6-7,9,13-15H2,1-5H3;8,10-11,20-21,27-28,34-35,49,52-54H,6-7,9,12-14H2,1-5H3;3*1H4/t21-,22-,23-,29+,30?,36+,39+;20-,21-,27+,28?,34+,35-,38+;;;/m00.../s1. The number of halogens is 14. The molecule has 706 valence electrons. The van der Waals surface area contributed by atoms with Gasteiger partial charge in [-0.05, 0) is 136 Å². The van der Waals surface area contributed by atoms with Gasteiger partial charge in [0.2, 0.25) is 13.6 Å². The summed E-state index contributed by atoms with van der Waals surface area (Å²) in [6, 6.07) is 2.74. The van der Waals surface area contributed by atoms with Gasteiger partial charge in [-0.15, -0.1) is 23.5 Å². The summed E-state index contributed by atoms with van der Waals surface area (Å²) in [7, 11) is 8.75. The average molecular weight is 1890 g/mol. The Bertz CT molecular complexity index is 5690. The van der Waals surface area contributed by atoms with E-state index in [9.17, 15) is 93.9 Å². The first-order valence-corrected chi connectivity index (χ1v) is 41.6. The number of alkyl halides is 14. The molecule has 14 atom stereocenters. The second-order valence-electron chi connectivity index (χ2n) is 32.9. The Morgan fingerprint density at radius 2 is 0.885 bits per heavy atom. The number of ether oxygens (including phenoxy) is 12. The van der Waals surface area contributed by atoms with Gasteiger partial charge in [-0.1, -0.05) is 34.4 Å². The predicted molar refractivity (Wildman–Crippen MR) is 433 cm³/mol. The van der Waals surface area contributed by atoms with Crippen LogP contribution < -0.4 is 58.0 Å². The Balaban J connectivity index is 0.000000205. The van der Waals surface area contributed by atoms with Crippen LogP contribution in [0, 0.1) is 39.0 Å². The number of piperazine rings is 2. The molecule has 0 radical (unpaired) electrons. The molecule has 28 nitrogen and oxygen atoms in total. The van der Waals surface area contributed by atoms with Crippen LogP contribution >= 0.6 is 23.5 Å². The van der Waals surface area contributed by atoms with Gasteiger partial charge in [-0.2, -0.15) is 66.7 Å². The molecule has 0 aromatic heterocycles. The molecule has 6 aromatic rings. The fraction of sp³-hybridized carbons (Fsp3) is 0.523. The average Bonchev–Trinajstić information content (AvgIpc) is 1.02. The number of phenols is 4. The van der Waals surface area contributed by atoms with Gasteiger partial charge < -0.3 is 82.4 Å². The van der Waals surface area contributed by atoms with E-state index >= 15 is 17.6 Å². The van der Waals surface area contributed by atoms with Crippen molar-refractivity contribution in [3.05, 3.63) is 125 Å². The van der Waals surface area contributed by atoms with Gasteiger partial charge in [0.05, 0.1) is 75.2 Å². The third-order valence-corrected chi connectivity index (χ3v) is 29.6. The fourth-order valence-corrected chi connectivity index (χ4v) is 24.2. The van der Waals surface area contributed by atoms with Crippen molar-refractivity contribution >= 4 is 47.4 Å². The summed E-state index contributed by atoms with van der Waals surface area (Å²) >= 11 is 1.95. The van der Waals surface area contributed by atoms with E-state index in [0.29, 0.717) is 68.5 Å². The summed E-state index contributed by atoms with van der Waals surface area (Å²) in [5.41, 5.74) is 0.492. The Morgan fingerprint density at radius 1 is 0.508 bits per heavy atom. The highest BCUT2D eigenvalue weighted by Gasteiger charge is 2.79. The zero-order valence-electron chi connectivity index (χ0n) is 68.5. The van der Waals surface area contributed by atoms with Crippen LogP contribution in [0.1, 0.15) is 146 Å². The molecule has 44 heteroatoms. The first kappa shape index (κ1) is 95.8. The summed E-state index contributed by atoms with van der Waals surface area (Å²) in [6.07, 6.45) is -14.0. The van der Waals surface area contributed by atoms with Crippen molar-refractivity contribution in [3.63, 3.8) is 0 Å². The van der Waals surface area contributed by atoms with Crippen LogP contribution in [0.2, 0.25) is 0 Å². The monoisotopic (exact) mass is 1890 g/mol. The summed E-state index contributed by atoms with van der Waals surface area (Å²) in [5, 5.41) is 73.1. The minimum atomic E-state index is -6.87. The smallest absolute Gasteiger partial charge is 0.460 e. The molecule has 0 aliphatic carbocycles. The van der Waals surface area contributed by atoms with Crippen molar-refractivity contribution in [2.24, 2.45) is 0 Å². The number of hydrogen-bond acceptors (Lipinski definition) is 30. The lowest BCUT2D eigenvalue weighted by atomic mass is 9.71. The van der Waals surface area contributed by atoms with Crippen LogP contribution in [0.4, 0.5) is 61.5 Å². The number of fused-ring (bicyclic) bond motifs is 18. The number of rotatable bonds is 10. The van der Waals surface area contributed by atoms with E-state index in [4.69, 9.17) is 56.8 Å². The van der Waals surface area contributed by atoms with Crippen LogP contribution in [0.3, 0.4) is 0 Å². The lowest BCUT2D eigenvalue weighted by Crippen LogP contribution is -2.70. The molecule has 0 saturated carbocycles. The molecule has 7 N–H and O–H groups in total. The van der Waals surface area contributed by atoms with Crippen LogP contribution in [0.15, 0.2) is 36.4 Å². The maximum atomic E-state index is 15.3. The van der Waals surface area contributed by atoms with Crippen LogP contribution in [-0.4, -0.2) is 235 Å². The second kappa shape index (κ2) is 33.2. The summed E-state index contributed by atoms with van der Waals surface area (Å²) in [5.74, 6) is -38.1. The maximum Gasteiger partial charge on any atom is 0.460 e. The minimum Gasteiger partial charge on any atom is -0.504 e. The molecule has 14 aliphatic rings. The molecule has 4 saturated heterocycles. The number of aromatic hydroxyl groups is 4. The molecule has 20 rings (SSSR count). The number of thioether (sulfide) groups is 2. The molecule has 2 spiro atoms. The normalized spacial score (nSPS) is 27.0. The van der Waals surface area contributed by atoms with Gasteiger partial charge in [0.1, 0.15) is 37.0 Å². The van der Waals surface area contributed by atoms with Gasteiger partial charge in [0, 0.05) is 87.2 Å². The number of nitrogens with one attached hydrogen (secondary N) is 2. The zero-order chi connectivity index (χ0) is 91.6. The maximum absolute atomic E-state index is 15.3. The zero-order valence-corrected chi connectivity index (χ0v) is 70.1. The molecule has 6 aromatic carbocycles. The van der Waals surface area contributed by atoms with Gasteiger partial charge in [0.15, 0.2) is 80.1 Å². The summed E-state index contributed by atoms with van der Waals surface area (Å²) < 4.78 is 268. The second-order valence-corrected chi connectivity index (χ2v) is 35.2. The lowest BCUT2D eigenvalue weighted by molar-refractivity contribution is -0.346. The number of likely N-dealkylation sites (N-methyl/N-ethyl adjacent to an activating group) is 2. The van der Waals surface area contributed by atoms with Crippen LogP contribution in [0.25, 0.3) is 0 Å². The largest absolute Gasteiger partial charge is 0.504 e. The highest BCUT2D eigenvalue weighted by Crippen LogP contribution is 2.69. The first-order valence-electron chi connectivity index (χ1n) is 39.5. The Labute approximate surface area is 742 Å². The van der Waals surface area contributed by atoms with Gasteiger partial charge in [0.25, 0.3) is 0 Å². The van der Waals surface area contributed by atoms with E-state index < -0.39 is 180 Å². The van der Waals surface area contributed by atoms with Gasteiger partial charge in [-0.3, -0.25) is 30.2 Å². The van der Waals surface area contributed by atoms with Crippen molar-refractivity contribution in [2.45, 2.75) is 194 Å². The number of hydrogen-bond donors (Lipinski definition) is 7. The number of carbonyl (C=O) groups is 4. The molecule has 4 fully saturated rings. The first-order chi connectivity index (χ1) is 59.8. The van der Waals surface area contributed by atoms with Gasteiger partial charge >= 0.3 is 59.9 Å². The highest BCUT2D eigenvalue weighted by atomic mass is 32.2. The van der Waals surface area contributed by atoms with Crippen molar-refractivity contribution < 1.29 is 163 Å². The summed E-state index contributed by atoms with van der Waals surface area (Å²) in [4.78, 5) is 63.2. The Kier molecular flexibility index (Phi) is 24.4. The Hall–Kier alpha value is -10.3. The van der Waals surface area contributed by atoms with Gasteiger partial charge in [-0.25, -0.2) is 19.2 Å². The van der Waals surface area contributed by atoms with Crippen molar-refractivity contribution in [3.8, 4) is 86.6 Å². The molecule has 14 aliphatic heterocycles. The molecule has 130 heavy (non-hydrogen) atoms. The topological polar surface area (TPSA) is 341 Å². The number of carbonyl (C=O) groups excluding carboxylic acids is 4. The van der Waals surface area contributed by atoms with E-state index in [0.717, 1.165) is 23.5 Å². The number of aliphatic hydroxyl groups excluding tert-OH is 1. The SMILES string of the molecule is C.C.C.COc1cc2c(cc1O)CCN[C@]21CS[C@@H]2c3c(OC(=O)C(F)(F)C(F)(F)C(F)(F)F)c(C)c4c(c3[C@H](COC1=O)N1C2[C@H]2c3c(cc(C)c(OC)c3O)C[C@@H]([C@@H]1C#N)N2C)OCO4.COc1cc2c(cc1O)CCN[C@]21CS[C@@H]2c3c(OC(=O)C(F)(F)C(F)(F)C(F)(F)F)c(C)c4c(c3[C@H](COC1=O)N1C2[C@H]2c3c(cc(C)c(OC)c3O)C[C@@H]([C@@H]1O)N2C)OCO4. The molecule has 0 amide bonds. The number of nitriles is 1. The van der Waals surface area contributed by atoms with Crippen molar-refractivity contribution in [2.75, 3.05) is 93.9 Å². The number of esters is 4. The number of methoxy groups -OCH3 is 4. The molecule has 2 unspecified atom stereocenters. The van der Waals surface area contributed by atoms with E-state index in [1.165, 1.54) is 66.6 Å². The molecular formula is C86H91F14N7O21S2. The van der Waals surface area contributed by atoms with E-state index in [2.05, 4.69) is 16.7 Å². The predicted octanol–water partition coefficient (Wildman–Crippen LogP) is 12.9. The molecule has 14 heterocycles. The van der Waals surface area contributed by atoms with Crippen molar-refractivity contribution in [1.29, 1.82) is 5.26 Å². The van der Waals surface area contributed by atoms with Crippen LogP contribution in [0.5, 0.6) is 80.5 Å². The molecule has 8 bridgehead atoms. The van der Waals surface area contributed by atoms with E-state index in [1.54, 1.807) is 48.7 Å². The van der Waals surface area contributed by atoms with E-state index in [1.807, 2.05) is 11.0 Å². The minimum absolute atomic E-state index is 0. The number of benzene rings is 6. The third kappa shape index (κ3) is 13.6. The number of phenolic OH excluding ortho intramolecular Hbond substituents is 4. The van der Waals surface area contributed by atoms with E-state index in [-0.39, 0.29) is 162 Å². The Morgan fingerprint density at radius 3 is 1.27 bits per heavy atom. The number of aliphatic hydroxyl groups is 1. The van der Waals surface area contributed by atoms with Crippen LogP contribution in [-0.2, 0) is 65.4 Å². The fourth-order valence-electron chi connectivity index (χ4n) is 20.8. The quantitative estimate of drug-likeness (QED) is 0.0380. The lowest BCUT2D eigenvalue weighted by Gasteiger charge is -2.62.